The van der Waals surface area contributed by atoms with Gasteiger partial charge in [0.25, 0.3) is 0 Å². The van der Waals surface area contributed by atoms with E-state index < -0.39 is 0 Å². The van der Waals surface area contributed by atoms with Crippen molar-refractivity contribution in [3.8, 4) is 9.88 Å². The van der Waals surface area contributed by atoms with Gasteiger partial charge in [-0.2, -0.15) is 0 Å². The van der Waals surface area contributed by atoms with Crippen LogP contribution in [0.25, 0.3) is 9.88 Å². The Bertz CT molecular complexity index is 861. The van der Waals surface area contributed by atoms with Gasteiger partial charge in [0.05, 0.1) is 17.0 Å². The summed E-state index contributed by atoms with van der Waals surface area (Å²) in [6, 6.07) is 3.78. The Morgan fingerprint density at radius 2 is 2.08 bits per heavy atom. The number of nitrogens with one attached hydrogen (secondary N) is 1. The van der Waals surface area contributed by atoms with Gasteiger partial charge in [-0.25, -0.2) is 4.98 Å². The van der Waals surface area contributed by atoms with Gasteiger partial charge in [-0.05, 0) is 22.0 Å². The summed E-state index contributed by atoms with van der Waals surface area (Å²) >= 11 is 6.59. The maximum absolute atomic E-state index is 12.2. The normalized spacial score (nSPS) is 11.7. The molecule has 0 aliphatic carbocycles. The first-order valence-corrected chi connectivity index (χ1v) is 9.82. The molecule has 1 amide bonds. The second kappa shape index (κ2) is 6.78. The highest BCUT2D eigenvalue weighted by molar-refractivity contribution is 9.10. The minimum atomic E-state index is -0.159. The van der Waals surface area contributed by atoms with E-state index in [0.29, 0.717) is 5.82 Å². The number of halogens is 1. The molecule has 24 heavy (non-hydrogen) atoms. The van der Waals surface area contributed by atoms with Crippen molar-refractivity contribution in [2.24, 2.45) is 0 Å². The van der Waals surface area contributed by atoms with Crippen LogP contribution in [0.2, 0.25) is 0 Å². The zero-order valence-corrected chi connectivity index (χ0v) is 16.6. The standard InChI is InChI=1S/C16H16BrN3O2S2/c1-16(2,3)12-6-13(20-22-12)19-14(21)5-10-8-24-15(18-10)11-4-9(17)7-23-11/h4,6-8H,5H2,1-3H3,(H,19,20,21). The van der Waals surface area contributed by atoms with Gasteiger partial charge >= 0.3 is 0 Å². The topological polar surface area (TPSA) is 68.0 Å². The van der Waals surface area contributed by atoms with Crippen LogP contribution in [-0.2, 0) is 16.6 Å². The van der Waals surface area contributed by atoms with Crippen molar-refractivity contribution in [1.29, 1.82) is 0 Å². The van der Waals surface area contributed by atoms with Crippen LogP contribution in [0.3, 0.4) is 0 Å². The van der Waals surface area contributed by atoms with Crippen LogP contribution in [0, 0.1) is 0 Å². The van der Waals surface area contributed by atoms with Gasteiger partial charge < -0.3 is 9.84 Å². The van der Waals surface area contributed by atoms with Crippen LogP contribution in [0.5, 0.6) is 0 Å². The molecule has 0 radical (unpaired) electrons. The minimum Gasteiger partial charge on any atom is -0.359 e. The number of nitrogens with zero attached hydrogens (tertiary/aromatic N) is 2. The van der Waals surface area contributed by atoms with Gasteiger partial charge in [0.2, 0.25) is 5.91 Å². The number of carbonyl (C=O) groups is 1. The van der Waals surface area contributed by atoms with Crippen LogP contribution in [0.1, 0.15) is 32.2 Å². The molecule has 0 aliphatic rings. The molecule has 3 rings (SSSR count). The van der Waals surface area contributed by atoms with Gasteiger partial charge in [-0.3, -0.25) is 4.79 Å². The molecule has 0 saturated carbocycles. The zero-order chi connectivity index (χ0) is 17.3. The minimum absolute atomic E-state index is 0.144. The molecule has 0 aliphatic heterocycles. The fourth-order valence-electron chi connectivity index (χ4n) is 1.97. The average Bonchev–Trinajstić information content (AvgIpc) is 3.18. The maximum atomic E-state index is 12.2. The van der Waals surface area contributed by atoms with Crippen LogP contribution >= 0.6 is 38.6 Å². The Balaban J connectivity index is 1.63. The van der Waals surface area contributed by atoms with Crippen molar-refractivity contribution in [1.82, 2.24) is 10.1 Å². The first-order chi connectivity index (χ1) is 11.3. The lowest BCUT2D eigenvalue weighted by atomic mass is 9.93. The van der Waals surface area contributed by atoms with Crippen LogP contribution in [0.15, 0.2) is 31.9 Å². The predicted octanol–water partition coefficient (Wildman–Crippen LogP) is 5.10. The van der Waals surface area contributed by atoms with Crippen LogP contribution in [0.4, 0.5) is 5.82 Å². The molecule has 8 heteroatoms. The molecule has 3 aromatic heterocycles. The summed E-state index contributed by atoms with van der Waals surface area (Å²) in [7, 11) is 0. The SMILES string of the molecule is CC(C)(C)c1cc(NC(=O)Cc2csc(-c3cc(Br)cs3)n2)no1. The molecule has 126 valence electrons. The van der Waals surface area contributed by atoms with Crippen molar-refractivity contribution in [2.45, 2.75) is 32.6 Å². The van der Waals surface area contributed by atoms with Crippen molar-refractivity contribution in [3.05, 3.63) is 38.8 Å². The molecule has 0 unspecified atom stereocenters. The van der Waals surface area contributed by atoms with Crippen molar-refractivity contribution >= 4 is 50.3 Å². The summed E-state index contributed by atoms with van der Waals surface area (Å²) < 4.78 is 6.30. The third kappa shape index (κ3) is 4.12. The molecular formula is C16H16BrN3O2S2. The Kier molecular flexibility index (Phi) is 4.89. The van der Waals surface area contributed by atoms with E-state index in [1.807, 2.05) is 37.6 Å². The molecule has 0 fully saturated rings. The highest BCUT2D eigenvalue weighted by Gasteiger charge is 2.20. The van der Waals surface area contributed by atoms with E-state index in [1.54, 1.807) is 17.4 Å². The van der Waals surface area contributed by atoms with E-state index in [-0.39, 0.29) is 17.7 Å². The summed E-state index contributed by atoms with van der Waals surface area (Å²) in [5, 5.41) is 11.5. The van der Waals surface area contributed by atoms with Gasteiger partial charge in [0.15, 0.2) is 5.82 Å². The maximum Gasteiger partial charge on any atom is 0.231 e. The zero-order valence-electron chi connectivity index (χ0n) is 13.4. The van der Waals surface area contributed by atoms with Crippen LogP contribution < -0.4 is 5.32 Å². The van der Waals surface area contributed by atoms with Gasteiger partial charge in [0.1, 0.15) is 10.8 Å². The summed E-state index contributed by atoms with van der Waals surface area (Å²) in [5.74, 6) is 1.01. The summed E-state index contributed by atoms with van der Waals surface area (Å²) in [5.41, 5.74) is 0.603. The Hall–Kier alpha value is -1.51. The van der Waals surface area contributed by atoms with E-state index in [2.05, 4.69) is 31.4 Å². The molecule has 3 aromatic rings. The van der Waals surface area contributed by atoms with E-state index in [1.165, 1.54) is 11.3 Å². The largest absolute Gasteiger partial charge is 0.359 e. The number of hydrogen-bond acceptors (Lipinski definition) is 6. The third-order valence-corrected chi connectivity index (χ3v) is 5.94. The second-order valence-electron chi connectivity index (χ2n) is 6.32. The van der Waals surface area contributed by atoms with E-state index in [4.69, 9.17) is 4.52 Å². The quantitative estimate of drug-likeness (QED) is 0.630. The van der Waals surface area contributed by atoms with Gasteiger partial charge in [0, 0.05) is 26.7 Å². The number of hydrogen-bond donors (Lipinski definition) is 1. The number of rotatable bonds is 4. The first-order valence-electron chi connectivity index (χ1n) is 7.27. The average molecular weight is 426 g/mol. The molecule has 0 bridgehead atoms. The molecule has 1 N–H and O–H groups in total. The van der Waals surface area contributed by atoms with Gasteiger partial charge in [-0.1, -0.05) is 25.9 Å². The molecule has 0 saturated heterocycles. The molecule has 3 heterocycles. The number of thiazole rings is 1. The smallest absolute Gasteiger partial charge is 0.231 e. The van der Waals surface area contributed by atoms with Crippen LogP contribution in [-0.4, -0.2) is 16.0 Å². The summed E-state index contributed by atoms with van der Waals surface area (Å²) in [4.78, 5) is 17.8. The molecule has 0 atom stereocenters. The van der Waals surface area contributed by atoms with Crippen molar-refractivity contribution in [3.63, 3.8) is 0 Å². The van der Waals surface area contributed by atoms with E-state index >= 15 is 0 Å². The van der Waals surface area contributed by atoms with Crippen molar-refractivity contribution in [2.75, 3.05) is 5.32 Å². The lowest BCUT2D eigenvalue weighted by molar-refractivity contribution is -0.115. The molecule has 0 spiro atoms. The third-order valence-electron chi connectivity index (χ3n) is 3.19. The fraction of sp³-hybridized carbons (Fsp3) is 0.312. The number of thiophene rings is 1. The van der Waals surface area contributed by atoms with Crippen molar-refractivity contribution < 1.29 is 9.32 Å². The predicted molar refractivity (Wildman–Crippen MR) is 101 cm³/mol. The second-order valence-corrected chi connectivity index (χ2v) is 9.01. The lowest BCUT2D eigenvalue weighted by Crippen LogP contribution is -2.15. The monoisotopic (exact) mass is 425 g/mol. The molecule has 0 aromatic carbocycles. The van der Waals surface area contributed by atoms with E-state index in [0.717, 1.165) is 25.8 Å². The highest BCUT2D eigenvalue weighted by atomic mass is 79.9. The Morgan fingerprint density at radius 1 is 1.29 bits per heavy atom. The number of anilines is 1. The highest BCUT2D eigenvalue weighted by Crippen LogP contribution is 2.32. The van der Waals surface area contributed by atoms with Gasteiger partial charge in [-0.15, -0.1) is 22.7 Å². The lowest BCUT2D eigenvalue weighted by Gasteiger charge is -2.11. The summed E-state index contributed by atoms with van der Waals surface area (Å²) in [6.07, 6.45) is 0.209. The molecular weight excluding hydrogens is 410 g/mol. The fourth-order valence-corrected chi connectivity index (χ4v) is 4.29. The summed E-state index contributed by atoms with van der Waals surface area (Å²) in [6.45, 7) is 6.08. The number of aromatic nitrogens is 2. The number of amides is 1. The Labute approximate surface area is 156 Å². The Morgan fingerprint density at radius 3 is 2.71 bits per heavy atom. The van der Waals surface area contributed by atoms with E-state index in [9.17, 15) is 4.79 Å². The first kappa shape index (κ1) is 17.3. The molecule has 5 nitrogen and oxygen atoms in total. The number of carbonyl (C=O) groups excluding carboxylic acids is 1.